The van der Waals surface area contributed by atoms with Crippen LogP contribution in [0.25, 0.3) is 22.3 Å². The van der Waals surface area contributed by atoms with Gasteiger partial charge in [-0.25, -0.2) is 4.39 Å². The zero-order valence-electron chi connectivity index (χ0n) is 22.0. The summed E-state index contributed by atoms with van der Waals surface area (Å²) in [5.74, 6) is -0.187. The summed E-state index contributed by atoms with van der Waals surface area (Å²) >= 11 is 0. The van der Waals surface area contributed by atoms with E-state index in [0.29, 0.717) is 29.5 Å². The van der Waals surface area contributed by atoms with Gasteiger partial charge < -0.3 is 4.74 Å². The Bertz CT molecular complexity index is 1480. The second-order valence-corrected chi connectivity index (χ2v) is 9.72. The summed E-state index contributed by atoms with van der Waals surface area (Å²) in [4.78, 5) is 0. The van der Waals surface area contributed by atoms with E-state index in [1.54, 1.807) is 60.7 Å². The average Bonchev–Trinajstić information content (AvgIpc) is 2.97. The van der Waals surface area contributed by atoms with Crippen molar-refractivity contribution in [2.75, 3.05) is 0 Å². The zero-order valence-corrected chi connectivity index (χ0v) is 22.0. The molecule has 0 atom stereocenters. The standard InChI is InChI=1S/C34H29F3N2O/c35-33-22-25(11-20-32(33)30-14-9-27(24-39)10-15-30)6-4-2-1-3-5-21-34(36,37)40-31-18-16-29(17-19-31)28-12-7-26(23-38)8-13-28/h7-20,22H,1-6,21H2. The monoisotopic (exact) mass is 538 g/mol. The minimum Gasteiger partial charge on any atom is -0.433 e. The van der Waals surface area contributed by atoms with E-state index in [2.05, 4.69) is 12.1 Å². The van der Waals surface area contributed by atoms with Crippen LogP contribution in [-0.2, 0) is 6.42 Å². The van der Waals surface area contributed by atoms with Crippen molar-refractivity contribution in [2.45, 2.75) is 51.1 Å². The number of alkyl halides is 2. The van der Waals surface area contributed by atoms with Crippen LogP contribution < -0.4 is 4.74 Å². The molecule has 0 spiro atoms. The van der Waals surface area contributed by atoms with Crippen LogP contribution in [0.3, 0.4) is 0 Å². The molecule has 202 valence electrons. The van der Waals surface area contributed by atoms with Crippen molar-refractivity contribution < 1.29 is 17.9 Å². The van der Waals surface area contributed by atoms with Crippen LogP contribution in [-0.4, -0.2) is 6.11 Å². The molecule has 3 nitrogen and oxygen atoms in total. The quantitative estimate of drug-likeness (QED) is 0.169. The van der Waals surface area contributed by atoms with E-state index in [-0.39, 0.29) is 18.0 Å². The van der Waals surface area contributed by atoms with Gasteiger partial charge in [-0.05, 0) is 84.0 Å². The van der Waals surface area contributed by atoms with E-state index >= 15 is 0 Å². The Morgan fingerprint density at radius 2 is 1.15 bits per heavy atom. The molecule has 0 N–H and O–H groups in total. The van der Waals surface area contributed by atoms with Crippen LogP contribution in [0.5, 0.6) is 5.75 Å². The first-order valence-electron chi connectivity index (χ1n) is 13.3. The van der Waals surface area contributed by atoms with Gasteiger partial charge in [0, 0.05) is 5.56 Å². The van der Waals surface area contributed by atoms with Gasteiger partial charge in [-0.1, -0.05) is 67.8 Å². The van der Waals surface area contributed by atoms with E-state index in [0.717, 1.165) is 47.9 Å². The van der Waals surface area contributed by atoms with E-state index in [1.165, 1.54) is 12.1 Å². The Morgan fingerprint density at radius 1 is 0.625 bits per heavy atom. The van der Waals surface area contributed by atoms with Crippen molar-refractivity contribution in [3.63, 3.8) is 0 Å². The molecular weight excluding hydrogens is 509 g/mol. The number of ether oxygens (including phenoxy) is 1. The molecule has 4 aromatic rings. The van der Waals surface area contributed by atoms with E-state index < -0.39 is 6.11 Å². The lowest BCUT2D eigenvalue weighted by molar-refractivity contribution is -0.181. The highest BCUT2D eigenvalue weighted by atomic mass is 19.3. The number of unbranched alkanes of at least 4 members (excludes halogenated alkanes) is 4. The van der Waals surface area contributed by atoms with Crippen LogP contribution in [0.2, 0.25) is 0 Å². The third kappa shape index (κ3) is 7.98. The molecule has 0 aliphatic carbocycles. The third-order valence-electron chi connectivity index (χ3n) is 6.76. The van der Waals surface area contributed by atoms with Crippen molar-refractivity contribution in [3.05, 3.63) is 114 Å². The Labute approximate surface area is 233 Å². The first-order chi connectivity index (χ1) is 19.4. The van der Waals surface area contributed by atoms with Crippen molar-refractivity contribution in [2.24, 2.45) is 0 Å². The summed E-state index contributed by atoms with van der Waals surface area (Å²) in [5.41, 5.74) is 4.96. The van der Waals surface area contributed by atoms with Crippen LogP contribution in [0.1, 0.15) is 55.2 Å². The topological polar surface area (TPSA) is 56.8 Å². The predicted octanol–water partition coefficient (Wildman–Crippen LogP) is 9.46. The minimum absolute atomic E-state index is 0.111. The number of hydrogen-bond acceptors (Lipinski definition) is 3. The molecular formula is C34H29F3N2O. The van der Waals surface area contributed by atoms with Crippen molar-refractivity contribution in [1.82, 2.24) is 0 Å². The Hall–Kier alpha value is -4.55. The highest BCUT2D eigenvalue weighted by Gasteiger charge is 2.30. The maximum atomic E-state index is 14.6. The number of nitrogens with zero attached hydrogens (tertiary/aromatic N) is 2. The fourth-order valence-corrected chi connectivity index (χ4v) is 4.54. The second kappa shape index (κ2) is 13.5. The SMILES string of the molecule is N#Cc1ccc(-c2ccc(OC(F)(F)CCCCCCCc3ccc(-c4ccc(C#N)cc4)c(F)c3)cc2)cc1. The number of rotatable bonds is 12. The van der Waals surface area contributed by atoms with Gasteiger partial charge >= 0.3 is 6.11 Å². The molecule has 0 saturated carbocycles. The van der Waals surface area contributed by atoms with Gasteiger partial charge in [0.05, 0.1) is 29.7 Å². The van der Waals surface area contributed by atoms with Crippen LogP contribution in [0.4, 0.5) is 13.2 Å². The smallest absolute Gasteiger partial charge is 0.397 e. The highest BCUT2D eigenvalue weighted by molar-refractivity contribution is 5.66. The van der Waals surface area contributed by atoms with Gasteiger partial charge in [0.1, 0.15) is 11.6 Å². The fourth-order valence-electron chi connectivity index (χ4n) is 4.54. The summed E-state index contributed by atoms with van der Waals surface area (Å²) in [7, 11) is 0. The molecule has 6 heteroatoms. The number of halogens is 3. The molecule has 0 amide bonds. The number of hydrogen-bond donors (Lipinski definition) is 0. The maximum absolute atomic E-state index is 14.6. The molecule has 0 radical (unpaired) electrons. The van der Waals surface area contributed by atoms with E-state index in [9.17, 15) is 13.2 Å². The van der Waals surface area contributed by atoms with Gasteiger partial charge in [-0.3, -0.25) is 0 Å². The van der Waals surface area contributed by atoms with E-state index in [4.69, 9.17) is 15.3 Å². The summed E-state index contributed by atoms with van der Waals surface area (Å²) in [6, 6.07) is 29.7. The van der Waals surface area contributed by atoms with Crippen LogP contribution >= 0.6 is 0 Å². The van der Waals surface area contributed by atoms with Gasteiger partial charge in [0.25, 0.3) is 0 Å². The lowest BCUT2D eigenvalue weighted by Gasteiger charge is -2.18. The lowest BCUT2D eigenvalue weighted by Crippen LogP contribution is -2.24. The Kier molecular flexibility index (Phi) is 9.60. The summed E-state index contributed by atoms with van der Waals surface area (Å²) in [6.07, 6.45) is 0.698. The molecule has 40 heavy (non-hydrogen) atoms. The first-order valence-corrected chi connectivity index (χ1v) is 13.3. The summed E-state index contributed by atoms with van der Waals surface area (Å²) in [5, 5.41) is 17.8. The molecule has 4 rings (SSSR count). The number of aryl methyl sites for hydroxylation is 1. The molecule has 0 aliphatic heterocycles. The highest BCUT2D eigenvalue weighted by Crippen LogP contribution is 2.30. The molecule has 0 heterocycles. The van der Waals surface area contributed by atoms with Crippen molar-refractivity contribution in [1.29, 1.82) is 10.5 Å². The zero-order chi connectivity index (χ0) is 28.4. The molecule has 4 aromatic carbocycles. The molecule has 0 aromatic heterocycles. The van der Waals surface area contributed by atoms with Gasteiger partial charge in [0.15, 0.2) is 0 Å². The predicted molar refractivity (Wildman–Crippen MR) is 150 cm³/mol. The molecule has 0 unspecified atom stereocenters. The Morgan fingerprint density at radius 3 is 1.73 bits per heavy atom. The average molecular weight is 539 g/mol. The van der Waals surface area contributed by atoms with Crippen molar-refractivity contribution >= 4 is 0 Å². The maximum Gasteiger partial charge on any atom is 0.397 e. The largest absolute Gasteiger partial charge is 0.433 e. The molecule has 0 fully saturated rings. The number of nitriles is 2. The lowest BCUT2D eigenvalue weighted by atomic mass is 9.99. The van der Waals surface area contributed by atoms with Crippen LogP contribution in [0, 0.1) is 28.5 Å². The third-order valence-corrected chi connectivity index (χ3v) is 6.76. The normalized spacial score (nSPS) is 11.0. The summed E-state index contributed by atoms with van der Waals surface area (Å²) < 4.78 is 48.3. The van der Waals surface area contributed by atoms with E-state index in [1.807, 2.05) is 18.2 Å². The van der Waals surface area contributed by atoms with Gasteiger partial charge in [-0.15, -0.1) is 0 Å². The van der Waals surface area contributed by atoms with Crippen LogP contribution in [0.15, 0.2) is 91.0 Å². The molecule has 0 aliphatic rings. The van der Waals surface area contributed by atoms with Crippen molar-refractivity contribution in [3.8, 4) is 40.1 Å². The second-order valence-electron chi connectivity index (χ2n) is 9.72. The fraction of sp³-hybridized carbons (Fsp3) is 0.235. The minimum atomic E-state index is -3.25. The van der Waals surface area contributed by atoms with Gasteiger partial charge in [0.2, 0.25) is 0 Å². The molecule has 0 saturated heterocycles. The summed E-state index contributed by atoms with van der Waals surface area (Å²) in [6.45, 7) is 0. The first kappa shape index (κ1) is 28.5. The number of benzene rings is 4. The Balaban J connectivity index is 1.15. The molecule has 0 bridgehead atoms. The van der Waals surface area contributed by atoms with Gasteiger partial charge in [-0.2, -0.15) is 19.3 Å².